The van der Waals surface area contributed by atoms with Crippen molar-refractivity contribution >= 4 is 17.3 Å². The Morgan fingerprint density at radius 3 is 2.40 bits per heavy atom. The maximum atomic E-state index is 13.2. The predicted octanol–water partition coefficient (Wildman–Crippen LogP) is 3.59. The van der Waals surface area contributed by atoms with Crippen molar-refractivity contribution in [3.8, 4) is 0 Å². The highest BCUT2D eigenvalue weighted by Gasteiger charge is 2.12. The molecule has 0 aliphatic carbocycles. The van der Waals surface area contributed by atoms with Crippen molar-refractivity contribution < 1.29 is 9.18 Å². The monoisotopic (exact) mass is 272 g/mol. The number of hydrogen-bond donors (Lipinski definition) is 2. The first-order valence-electron chi connectivity index (χ1n) is 6.32. The topological polar surface area (TPSA) is 55.1 Å². The van der Waals surface area contributed by atoms with Crippen LogP contribution in [0, 0.1) is 26.6 Å². The molecule has 104 valence electrons. The minimum atomic E-state index is -0.436. The molecule has 20 heavy (non-hydrogen) atoms. The SMILES string of the molecule is Cc1cc(N)c(NC(=O)c2cc(F)ccc2C)cc1C. The normalized spacial score (nSPS) is 10.4. The number of anilines is 2. The Hall–Kier alpha value is -2.36. The van der Waals surface area contributed by atoms with E-state index in [2.05, 4.69) is 5.32 Å². The van der Waals surface area contributed by atoms with Gasteiger partial charge in [0.1, 0.15) is 5.82 Å². The van der Waals surface area contributed by atoms with Crippen LogP contribution < -0.4 is 11.1 Å². The van der Waals surface area contributed by atoms with E-state index in [1.54, 1.807) is 13.0 Å². The van der Waals surface area contributed by atoms with Crippen molar-refractivity contribution in [3.05, 3.63) is 58.4 Å². The molecule has 0 saturated heterocycles. The zero-order chi connectivity index (χ0) is 14.9. The summed E-state index contributed by atoms with van der Waals surface area (Å²) < 4.78 is 13.2. The summed E-state index contributed by atoms with van der Waals surface area (Å²) in [5.74, 6) is -0.800. The average Bonchev–Trinajstić information content (AvgIpc) is 2.38. The van der Waals surface area contributed by atoms with Gasteiger partial charge in [-0.1, -0.05) is 6.07 Å². The number of nitrogen functional groups attached to an aromatic ring is 1. The Labute approximate surface area is 117 Å². The van der Waals surface area contributed by atoms with Gasteiger partial charge in [-0.15, -0.1) is 0 Å². The lowest BCUT2D eigenvalue weighted by molar-refractivity contribution is 0.102. The number of hydrogen-bond acceptors (Lipinski definition) is 2. The van der Waals surface area contributed by atoms with Crippen LogP contribution in [0.25, 0.3) is 0 Å². The molecule has 0 fully saturated rings. The fourth-order valence-electron chi connectivity index (χ4n) is 1.98. The van der Waals surface area contributed by atoms with Gasteiger partial charge in [-0.05, 0) is 61.7 Å². The van der Waals surface area contributed by atoms with Crippen LogP contribution >= 0.6 is 0 Å². The van der Waals surface area contributed by atoms with Crippen LogP contribution in [0.4, 0.5) is 15.8 Å². The number of amides is 1. The van der Waals surface area contributed by atoms with E-state index >= 15 is 0 Å². The molecule has 0 aliphatic rings. The number of benzene rings is 2. The maximum absolute atomic E-state index is 13.2. The number of nitrogens with one attached hydrogen (secondary N) is 1. The third-order valence-electron chi connectivity index (χ3n) is 3.36. The van der Waals surface area contributed by atoms with Gasteiger partial charge in [-0.2, -0.15) is 0 Å². The number of rotatable bonds is 2. The third kappa shape index (κ3) is 2.79. The number of aryl methyl sites for hydroxylation is 3. The predicted molar refractivity (Wildman–Crippen MR) is 79.4 cm³/mol. The van der Waals surface area contributed by atoms with Gasteiger partial charge >= 0.3 is 0 Å². The standard InChI is InChI=1S/C16H17FN2O/c1-9-4-5-12(17)8-13(9)16(20)19-15-7-11(3)10(2)6-14(15)18/h4-8H,18H2,1-3H3,(H,19,20). The second-order valence-corrected chi connectivity index (χ2v) is 4.94. The largest absolute Gasteiger partial charge is 0.397 e. The molecule has 1 amide bonds. The van der Waals surface area contributed by atoms with Crippen molar-refractivity contribution in [1.82, 2.24) is 0 Å². The fraction of sp³-hybridized carbons (Fsp3) is 0.188. The Bertz CT molecular complexity index is 680. The van der Waals surface area contributed by atoms with E-state index in [0.717, 1.165) is 11.1 Å². The first-order chi connectivity index (χ1) is 9.38. The van der Waals surface area contributed by atoms with Crippen molar-refractivity contribution in [2.24, 2.45) is 0 Å². The molecule has 0 unspecified atom stereocenters. The van der Waals surface area contributed by atoms with Gasteiger partial charge in [0.2, 0.25) is 0 Å². The van der Waals surface area contributed by atoms with Gasteiger partial charge < -0.3 is 11.1 Å². The van der Waals surface area contributed by atoms with E-state index in [1.165, 1.54) is 12.1 Å². The molecule has 0 saturated carbocycles. The van der Waals surface area contributed by atoms with E-state index in [4.69, 9.17) is 5.73 Å². The number of halogens is 1. The van der Waals surface area contributed by atoms with Crippen molar-refractivity contribution in [3.63, 3.8) is 0 Å². The first kappa shape index (κ1) is 14.1. The molecular formula is C16H17FN2O. The molecule has 0 radical (unpaired) electrons. The lowest BCUT2D eigenvalue weighted by Gasteiger charge is -2.12. The molecule has 3 nitrogen and oxygen atoms in total. The van der Waals surface area contributed by atoms with Gasteiger partial charge in [0.25, 0.3) is 5.91 Å². The van der Waals surface area contributed by atoms with Crippen LogP contribution in [-0.4, -0.2) is 5.91 Å². The molecule has 3 N–H and O–H groups in total. The van der Waals surface area contributed by atoms with Crippen molar-refractivity contribution in [2.45, 2.75) is 20.8 Å². The molecule has 0 atom stereocenters. The Morgan fingerprint density at radius 1 is 1.05 bits per heavy atom. The summed E-state index contributed by atoms with van der Waals surface area (Å²) in [7, 11) is 0. The molecule has 2 aromatic rings. The van der Waals surface area contributed by atoms with Crippen LogP contribution in [0.3, 0.4) is 0 Å². The van der Waals surface area contributed by atoms with E-state index in [1.807, 2.05) is 26.0 Å². The highest BCUT2D eigenvalue weighted by atomic mass is 19.1. The average molecular weight is 272 g/mol. The highest BCUT2D eigenvalue weighted by Crippen LogP contribution is 2.24. The summed E-state index contributed by atoms with van der Waals surface area (Å²) in [5, 5.41) is 2.73. The quantitative estimate of drug-likeness (QED) is 0.821. The van der Waals surface area contributed by atoms with E-state index in [9.17, 15) is 9.18 Å². The van der Waals surface area contributed by atoms with Crippen molar-refractivity contribution in [1.29, 1.82) is 0 Å². The Balaban J connectivity index is 2.32. The third-order valence-corrected chi connectivity index (χ3v) is 3.36. The van der Waals surface area contributed by atoms with Gasteiger partial charge in [0.15, 0.2) is 0 Å². The van der Waals surface area contributed by atoms with E-state index in [0.29, 0.717) is 22.5 Å². The maximum Gasteiger partial charge on any atom is 0.256 e. The molecule has 0 heterocycles. The van der Waals surface area contributed by atoms with Crippen LogP contribution in [0.1, 0.15) is 27.0 Å². The second-order valence-electron chi connectivity index (χ2n) is 4.94. The first-order valence-corrected chi connectivity index (χ1v) is 6.32. The molecule has 2 aromatic carbocycles. The fourth-order valence-corrected chi connectivity index (χ4v) is 1.98. The zero-order valence-corrected chi connectivity index (χ0v) is 11.8. The van der Waals surface area contributed by atoms with Gasteiger partial charge in [-0.25, -0.2) is 4.39 Å². The zero-order valence-electron chi connectivity index (χ0n) is 11.8. The number of carbonyl (C=O) groups is 1. The molecular weight excluding hydrogens is 255 g/mol. The summed E-state index contributed by atoms with van der Waals surface area (Å²) in [6.07, 6.45) is 0. The van der Waals surface area contributed by atoms with Gasteiger partial charge in [0, 0.05) is 5.56 Å². The van der Waals surface area contributed by atoms with Crippen LogP contribution in [-0.2, 0) is 0 Å². The lowest BCUT2D eigenvalue weighted by Crippen LogP contribution is -2.15. The summed E-state index contributed by atoms with van der Waals surface area (Å²) in [6, 6.07) is 7.76. The number of nitrogens with two attached hydrogens (primary N) is 1. The lowest BCUT2D eigenvalue weighted by atomic mass is 10.1. The molecule has 0 aromatic heterocycles. The van der Waals surface area contributed by atoms with Crippen molar-refractivity contribution in [2.75, 3.05) is 11.1 Å². The Morgan fingerprint density at radius 2 is 1.70 bits per heavy atom. The minimum Gasteiger partial charge on any atom is -0.397 e. The molecule has 2 rings (SSSR count). The molecule has 0 aliphatic heterocycles. The molecule has 4 heteroatoms. The number of carbonyl (C=O) groups excluding carboxylic acids is 1. The molecule has 0 bridgehead atoms. The summed E-state index contributed by atoms with van der Waals surface area (Å²) in [5.41, 5.74) is 10.0. The Kier molecular flexibility index (Phi) is 3.74. The van der Waals surface area contributed by atoms with Gasteiger partial charge in [0.05, 0.1) is 11.4 Å². The summed E-state index contributed by atoms with van der Waals surface area (Å²) in [6.45, 7) is 5.66. The summed E-state index contributed by atoms with van der Waals surface area (Å²) >= 11 is 0. The highest BCUT2D eigenvalue weighted by molar-refractivity contribution is 6.06. The van der Waals surface area contributed by atoms with E-state index < -0.39 is 5.82 Å². The summed E-state index contributed by atoms with van der Waals surface area (Å²) in [4.78, 5) is 12.2. The van der Waals surface area contributed by atoms with Gasteiger partial charge in [-0.3, -0.25) is 4.79 Å². The van der Waals surface area contributed by atoms with Crippen LogP contribution in [0.15, 0.2) is 30.3 Å². The van der Waals surface area contributed by atoms with Crippen LogP contribution in [0.5, 0.6) is 0 Å². The second kappa shape index (κ2) is 5.33. The van der Waals surface area contributed by atoms with Crippen LogP contribution in [0.2, 0.25) is 0 Å². The smallest absolute Gasteiger partial charge is 0.256 e. The van der Waals surface area contributed by atoms with E-state index in [-0.39, 0.29) is 5.91 Å². The molecule has 0 spiro atoms. The minimum absolute atomic E-state index is 0.308.